The Kier molecular flexibility index (Phi) is 11.3. The van der Waals surface area contributed by atoms with E-state index in [1.807, 2.05) is 13.0 Å². The van der Waals surface area contributed by atoms with Crippen molar-refractivity contribution in [2.75, 3.05) is 33.9 Å². The molecule has 1 unspecified atom stereocenters. The molecule has 0 radical (unpaired) electrons. The number of pyridine rings is 1. The number of carbonyl (C=O) groups excluding carboxylic acids is 1. The number of ether oxygens (including phenoxy) is 4. The Balaban J connectivity index is 1.36. The molecule has 1 atom stereocenters. The zero-order chi connectivity index (χ0) is 38.8. The van der Waals surface area contributed by atoms with Gasteiger partial charge >= 0.3 is 6.09 Å². The number of rotatable bonds is 11. The van der Waals surface area contributed by atoms with Crippen LogP contribution in [0.4, 0.5) is 13.6 Å². The molecule has 2 aromatic heterocycles. The van der Waals surface area contributed by atoms with Gasteiger partial charge in [-0.25, -0.2) is 27.0 Å². The van der Waals surface area contributed by atoms with E-state index in [2.05, 4.69) is 4.98 Å². The Morgan fingerprint density at radius 1 is 0.926 bits per heavy atom. The molecule has 286 valence electrons. The lowest BCUT2D eigenvalue weighted by Gasteiger charge is -2.34. The summed E-state index contributed by atoms with van der Waals surface area (Å²) in [6.45, 7) is 7.83. The lowest BCUT2D eigenvalue weighted by molar-refractivity contribution is -0.0418. The van der Waals surface area contributed by atoms with E-state index in [1.165, 1.54) is 18.5 Å². The van der Waals surface area contributed by atoms with E-state index < -0.39 is 49.9 Å². The standard InChI is InChI=1S/C40H44F2N4O7S/c1-26-15-16-46-35(20-31-25-44(17-18-52-31)39(47)53-40(2,3)4)38(43-36(46)19-26)37-33(41)21-32(22-34(37)42)54(48,49)45(23-27-7-11-29(50-5)12-8-27)24-28-9-13-30(51-6)14-10-28/h7-16,19,21-22,31H,17-18,20,23-25H2,1-6H3. The molecule has 0 N–H and O–H groups in total. The number of hydrogen-bond acceptors (Lipinski definition) is 8. The highest BCUT2D eigenvalue weighted by atomic mass is 32.2. The van der Waals surface area contributed by atoms with Crippen LogP contribution in [0.5, 0.6) is 11.5 Å². The summed E-state index contributed by atoms with van der Waals surface area (Å²) in [4.78, 5) is 18.5. The van der Waals surface area contributed by atoms with Gasteiger partial charge in [0, 0.05) is 32.3 Å². The number of halogens is 2. The highest BCUT2D eigenvalue weighted by molar-refractivity contribution is 7.89. The summed E-state index contributed by atoms with van der Waals surface area (Å²) < 4.78 is 86.3. The highest BCUT2D eigenvalue weighted by Gasteiger charge is 2.33. The molecule has 0 saturated carbocycles. The van der Waals surface area contributed by atoms with Gasteiger partial charge in [-0.1, -0.05) is 24.3 Å². The van der Waals surface area contributed by atoms with E-state index in [4.69, 9.17) is 18.9 Å². The molecule has 1 aliphatic rings. The largest absolute Gasteiger partial charge is 0.497 e. The summed E-state index contributed by atoms with van der Waals surface area (Å²) in [7, 11) is -1.41. The van der Waals surface area contributed by atoms with Crippen LogP contribution in [0, 0.1) is 18.6 Å². The molecule has 1 fully saturated rings. The third-order valence-corrected chi connectivity index (χ3v) is 10.8. The van der Waals surface area contributed by atoms with Crippen molar-refractivity contribution in [3.63, 3.8) is 0 Å². The number of sulfonamides is 1. The molecule has 11 nitrogen and oxygen atoms in total. The van der Waals surface area contributed by atoms with Gasteiger partial charge in [0.05, 0.1) is 55.3 Å². The number of aryl methyl sites for hydroxylation is 1. The maximum Gasteiger partial charge on any atom is 0.410 e. The zero-order valence-corrected chi connectivity index (χ0v) is 32.0. The van der Waals surface area contributed by atoms with Crippen molar-refractivity contribution in [2.24, 2.45) is 0 Å². The van der Waals surface area contributed by atoms with Gasteiger partial charge in [0.1, 0.15) is 34.4 Å². The zero-order valence-electron chi connectivity index (χ0n) is 31.1. The smallest absolute Gasteiger partial charge is 0.410 e. The van der Waals surface area contributed by atoms with Crippen molar-refractivity contribution in [3.8, 4) is 22.8 Å². The first kappa shape index (κ1) is 38.7. The summed E-state index contributed by atoms with van der Waals surface area (Å²) in [6, 6.07) is 19.1. The van der Waals surface area contributed by atoms with Gasteiger partial charge in [-0.2, -0.15) is 4.31 Å². The second kappa shape index (κ2) is 15.7. The van der Waals surface area contributed by atoms with E-state index in [-0.39, 0.29) is 38.4 Å². The maximum atomic E-state index is 16.4. The quantitative estimate of drug-likeness (QED) is 0.139. The summed E-state index contributed by atoms with van der Waals surface area (Å²) in [5, 5.41) is 0. The van der Waals surface area contributed by atoms with Gasteiger partial charge < -0.3 is 28.2 Å². The Morgan fingerprint density at radius 3 is 2.04 bits per heavy atom. The Labute approximate surface area is 314 Å². The number of imidazole rings is 1. The summed E-state index contributed by atoms with van der Waals surface area (Å²) in [5.74, 6) is -0.993. The fraction of sp³-hybridized carbons (Fsp3) is 0.350. The molecule has 3 aromatic carbocycles. The van der Waals surface area contributed by atoms with Crippen molar-refractivity contribution in [2.45, 2.75) is 63.8 Å². The Morgan fingerprint density at radius 2 is 1.50 bits per heavy atom. The van der Waals surface area contributed by atoms with Crippen LogP contribution < -0.4 is 9.47 Å². The fourth-order valence-corrected chi connectivity index (χ4v) is 7.75. The molecule has 3 heterocycles. The number of benzene rings is 3. The molecule has 0 aliphatic carbocycles. The number of aromatic nitrogens is 2. The minimum atomic E-state index is -4.47. The van der Waals surface area contributed by atoms with Crippen LogP contribution >= 0.6 is 0 Å². The monoisotopic (exact) mass is 762 g/mol. The van der Waals surface area contributed by atoms with Crippen molar-refractivity contribution in [1.29, 1.82) is 0 Å². The fourth-order valence-electron chi connectivity index (χ4n) is 6.31. The lowest BCUT2D eigenvalue weighted by atomic mass is 10.0. The van der Waals surface area contributed by atoms with Gasteiger partial charge in [0.2, 0.25) is 10.0 Å². The van der Waals surface area contributed by atoms with Crippen molar-refractivity contribution in [1.82, 2.24) is 18.6 Å². The number of methoxy groups -OCH3 is 2. The van der Waals surface area contributed by atoms with E-state index in [1.54, 1.807) is 90.9 Å². The van der Waals surface area contributed by atoms with Crippen LogP contribution in [0.1, 0.15) is 43.2 Å². The van der Waals surface area contributed by atoms with Crippen molar-refractivity contribution in [3.05, 3.63) is 113 Å². The van der Waals surface area contributed by atoms with E-state index in [0.717, 1.165) is 17.7 Å². The molecule has 54 heavy (non-hydrogen) atoms. The van der Waals surface area contributed by atoms with E-state index in [0.29, 0.717) is 40.5 Å². The molecule has 1 aliphatic heterocycles. The first-order valence-corrected chi connectivity index (χ1v) is 18.9. The number of hydrogen-bond donors (Lipinski definition) is 0. The number of nitrogens with zero attached hydrogens (tertiary/aromatic N) is 4. The molecule has 1 saturated heterocycles. The average Bonchev–Trinajstić information content (AvgIpc) is 3.47. The van der Waals surface area contributed by atoms with Crippen LogP contribution in [0.3, 0.4) is 0 Å². The predicted octanol–water partition coefficient (Wildman–Crippen LogP) is 7.17. The SMILES string of the molecule is COc1ccc(CN(Cc2ccc(OC)cc2)S(=O)(=O)c2cc(F)c(-c3nc4cc(C)ccn4c3CC3CN(C(=O)OC(C)(C)C)CCO3)c(F)c2)cc1. The molecular formula is C40H44F2N4O7S. The topological polar surface area (TPSA) is 112 Å². The molecular weight excluding hydrogens is 719 g/mol. The molecule has 1 amide bonds. The third kappa shape index (κ3) is 8.67. The van der Waals surface area contributed by atoms with Crippen LogP contribution in [-0.4, -0.2) is 78.7 Å². The number of fused-ring (bicyclic) bond motifs is 1. The first-order chi connectivity index (χ1) is 25.6. The highest BCUT2D eigenvalue weighted by Crippen LogP contribution is 2.34. The van der Waals surface area contributed by atoms with Crippen LogP contribution in [0.15, 0.2) is 83.9 Å². The van der Waals surface area contributed by atoms with Gasteiger partial charge in [-0.05, 0) is 92.9 Å². The molecule has 5 aromatic rings. The molecule has 6 rings (SSSR count). The second-order valence-electron chi connectivity index (χ2n) is 14.2. The second-order valence-corrected chi connectivity index (χ2v) is 16.1. The lowest BCUT2D eigenvalue weighted by Crippen LogP contribution is -2.48. The summed E-state index contributed by atoms with van der Waals surface area (Å²) in [5.41, 5.74) is 1.90. The maximum absolute atomic E-state index is 16.4. The van der Waals surface area contributed by atoms with Crippen LogP contribution in [-0.2, 0) is 39.0 Å². The molecule has 0 bridgehead atoms. The van der Waals surface area contributed by atoms with Gasteiger partial charge in [-0.15, -0.1) is 0 Å². The molecule has 14 heteroatoms. The predicted molar refractivity (Wildman–Crippen MR) is 199 cm³/mol. The van der Waals surface area contributed by atoms with Crippen LogP contribution in [0.25, 0.3) is 16.9 Å². The van der Waals surface area contributed by atoms with Crippen LogP contribution in [0.2, 0.25) is 0 Å². The number of amides is 1. The number of morpholine rings is 1. The average molecular weight is 763 g/mol. The Bertz CT molecular complexity index is 2170. The number of carbonyl (C=O) groups is 1. The summed E-state index contributed by atoms with van der Waals surface area (Å²) in [6.07, 6.45) is 0.888. The van der Waals surface area contributed by atoms with Gasteiger partial charge in [0.15, 0.2) is 0 Å². The normalized spacial score (nSPS) is 15.1. The van der Waals surface area contributed by atoms with Gasteiger partial charge in [-0.3, -0.25) is 0 Å². The minimum Gasteiger partial charge on any atom is -0.497 e. The van der Waals surface area contributed by atoms with Crippen molar-refractivity contribution < 1.29 is 40.9 Å². The van der Waals surface area contributed by atoms with Gasteiger partial charge in [0.25, 0.3) is 0 Å². The van der Waals surface area contributed by atoms with E-state index in [9.17, 15) is 13.2 Å². The minimum absolute atomic E-state index is 0.00543. The van der Waals surface area contributed by atoms with Crippen molar-refractivity contribution >= 4 is 21.8 Å². The third-order valence-electron chi connectivity index (χ3n) is 9.02. The Hall–Kier alpha value is -5.05. The van der Waals surface area contributed by atoms with E-state index >= 15 is 8.78 Å². The molecule has 0 spiro atoms. The summed E-state index contributed by atoms with van der Waals surface area (Å²) >= 11 is 0. The first-order valence-electron chi connectivity index (χ1n) is 17.5.